The van der Waals surface area contributed by atoms with Gasteiger partial charge in [0.05, 0.1) is 13.2 Å². The van der Waals surface area contributed by atoms with Gasteiger partial charge in [0.2, 0.25) is 5.90 Å². The Kier molecular flexibility index (Phi) is 8.89. The van der Waals surface area contributed by atoms with Gasteiger partial charge in [0.25, 0.3) is 5.91 Å². The van der Waals surface area contributed by atoms with Crippen molar-refractivity contribution in [3.63, 3.8) is 0 Å². The number of nitrogens with zero attached hydrogens (tertiary/aromatic N) is 7. The Hall–Kier alpha value is -5.02. The van der Waals surface area contributed by atoms with Gasteiger partial charge in [-0.15, -0.1) is 0 Å². The van der Waals surface area contributed by atoms with Gasteiger partial charge < -0.3 is 19.9 Å². The molecular formula is C30H30N8O4. The third kappa shape index (κ3) is 6.31. The number of hydrogen-bond acceptors (Lipinski definition) is 7. The second kappa shape index (κ2) is 13.1. The van der Waals surface area contributed by atoms with Crippen LogP contribution >= 0.6 is 0 Å². The highest BCUT2D eigenvalue weighted by molar-refractivity contribution is 6.01. The summed E-state index contributed by atoms with van der Waals surface area (Å²) >= 11 is 0. The number of aliphatic imine (C=N–C) groups is 1. The normalized spacial score (nSPS) is 19.1. The fraction of sp³-hybridized carbons (Fsp3) is 0.333. The molecule has 0 radical (unpaired) electrons. The molecule has 0 aromatic heterocycles. The zero-order valence-corrected chi connectivity index (χ0v) is 22.8. The van der Waals surface area contributed by atoms with Crippen molar-refractivity contribution in [3.8, 4) is 5.75 Å². The minimum Gasteiger partial charge on any atom is -0.494 e. The Morgan fingerprint density at radius 1 is 1.05 bits per heavy atom. The maximum atomic E-state index is 14.3. The van der Waals surface area contributed by atoms with E-state index in [1.54, 1.807) is 36.4 Å². The average Bonchev–Trinajstić information content (AvgIpc) is 3.75. The van der Waals surface area contributed by atoms with E-state index in [9.17, 15) is 10.3 Å². The summed E-state index contributed by atoms with van der Waals surface area (Å²) in [6.45, 7) is 0.489. The van der Waals surface area contributed by atoms with E-state index >= 15 is 0 Å². The topological polar surface area (TPSA) is 178 Å². The molecule has 1 aliphatic carbocycles. The van der Waals surface area contributed by atoms with E-state index in [1.165, 1.54) is 0 Å². The molecule has 214 valence electrons. The lowest BCUT2D eigenvalue weighted by Crippen LogP contribution is -2.50. The van der Waals surface area contributed by atoms with Crippen molar-refractivity contribution in [1.82, 2.24) is 5.32 Å². The van der Waals surface area contributed by atoms with Crippen LogP contribution in [0.2, 0.25) is 0 Å². The number of azide groups is 2. The maximum Gasteiger partial charge on any atom is 0.252 e. The van der Waals surface area contributed by atoms with Crippen LogP contribution in [-0.2, 0) is 22.5 Å². The summed E-state index contributed by atoms with van der Waals surface area (Å²) in [6.07, 6.45) is 1.49. The first-order chi connectivity index (χ1) is 20.6. The third-order valence-electron chi connectivity index (χ3n) is 7.19. The predicted molar refractivity (Wildman–Crippen MR) is 156 cm³/mol. The summed E-state index contributed by atoms with van der Waals surface area (Å²) in [5.41, 5.74) is 19.8. The molecule has 0 bridgehead atoms. The lowest BCUT2D eigenvalue weighted by molar-refractivity contribution is -0.129. The van der Waals surface area contributed by atoms with E-state index in [0.29, 0.717) is 46.7 Å². The van der Waals surface area contributed by atoms with Gasteiger partial charge in [-0.1, -0.05) is 58.8 Å². The van der Waals surface area contributed by atoms with Gasteiger partial charge in [0, 0.05) is 46.6 Å². The average molecular weight is 567 g/mol. The van der Waals surface area contributed by atoms with E-state index in [2.05, 4.69) is 25.4 Å². The summed E-state index contributed by atoms with van der Waals surface area (Å²) < 4.78 is 12.2. The summed E-state index contributed by atoms with van der Waals surface area (Å²) in [6, 6.07) is 21.7. The summed E-state index contributed by atoms with van der Waals surface area (Å²) in [5, 5.41) is 19.8. The molecule has 2 atom stereocenters. The van der Waals surface area contributed by atoms with Gasteiger partial charge in [0.1, 0.15) is 5.75 Å². The molecule has 12 nitrogen and oxygen atoms in total. The Balaban J connectivity index is 1.63. The number of nitrogens with one attached hydrogen (secondary N) is 1. The first-order valence-electron chi connectivity index (χ1n) is 13.7. The van der Waals surface area contributed by atoms with E-state index in [-0.39, 0.29) is 37.4 Å². The molecule has 5 rings (SSSR count). The molecular weight excluding hydrogens is 536 g/mol. The van der Waals surface area contributed by atoms with Gasteiger partial charge >= 0.3 is 0 Å². The lowest BCUT2D eigenvalue weighted by atomic mass is 9.80. The summed E-state index contributed by atoms with van der Waals surface area (Å²) in [7, 11) is 0. The van der Waals surface area contributed by atoms with Crippen LogP contribution < -0.4 is 10.1 Å². The van der Waals surface area contributed by atoms with Crippen LogP contribution in [0.1, 0.15) is 47.6 Å². The first-order valence-corrected chi connectivity index (χ1v) is 13.7. The molecule has 3 aromatic carbocycles. The summed E-state index contributed by atoms with van der Waals surface area (Å²) in [5.74, 6) is 0.596. The minimum absolute atomic E-state index is 0.0408. The molecule has 1 amide bonds. The number of carbonyl (C=O) groups excluding carboxylic acids is 1. The molecule has 1 fully saturated rings. The molecule has 1 saturated carbocycles. The monoisotopic (exact) mass is 566 g/mol. The molecule has 1 aliphatic heterocycles. The molecule has 2 N–H and O–H groups in total. The molecule has 0 saturated heterocycles. The minimum atomic E-state index is -1.47. The lowest BCUT2D eigenvalue weighted by Gasteiger charge is -2.32. The number of aliphatic hydroxyl groups excluding tert-OH is 1. The van der Waals surface area contributed by atoms with E-state index < -0.39 is 11.6 Å². The number of benzene rings is 3. The number of hydrogen-bond donors (Lipinski definition) is 2. The Morgan fingerprint density at radius 2 is 1.79 bits per heavy atom. The van der Waals surface area contributed by atoms with Crippen LogP contribution in [0.5, 0.6) is 5.75 Å². The largest absolute Gasteiger partial charge is 0.494 e. The SMILES string of the molecule is [N-]=[N+]=NCc1ccccc1[C@H]1OC(c2ccc(OCCCO)cc2)=N[C@@]1(Cc1ccccc1N=[N+]=[N-])C(=O)NC1CC1. The highest BCUT2D eigenvalue weighted by Crippen LogP contribution is 2.45. The zero-order chi connectivity index (χ0) is 29.4. The quantitative estimate of drug-likeness (QED) is 0.112. The number of amides is 1. The van der Waals surface area contributed by atoms with Crippen molar-refractivity contribution in [3.05, 3.63) is 116 Å². The highest BCUT2D eigenvalue weighted by Gasteiger charge is 2.54. The smallest absolute Gasteiger partial charge is 0.252 e. The predicted octanol–water partition coefficient (Wildman–Crippen LogP) is 5.98. The van der Waals surface area contributed by atoms with Crippen molar-refractivity contribution < 1.29 is 19.4 Å². The van der Waals surface area contributed by atoms with E-state index in [0.717, 1.165) is 12.8 Å². The van der Waals surface area contributed by atoms with Gasteiger partial charge in [0.15, 0.2) is 11.6 Å². The van der Waals surface area contributed by atoms with Crippen LogP contribution in [0.4, 0.5) is 5.69 Å². The van der Waals surface area contributed by atoms with Crippen LogP contribution in [0, 0.1) is 0 Å². The number of aliphatic hydroxyl groups is 1. The highest BCUT2D eigenvalue weighted by atomic mass is 16.5. The van der Waals surface area contributed by atoms with Gasteiger partial charge in [-0.05, 0) is 64.9 Å². The summed E-state index contributed by atoms with van der Waals surface area (Å²) in [4.78, 5) is 25.2. The van der Waals surface area contributed by atoms with Crippen molar-refractivity contribution in [2.24, 2.45) is 15.2 Å². The van der Waals surface area contributed by atoms with Crippen LogP contribution in [-0.4, -0.2) is 41.7 Å². The number of carbonyl (C=O) groups is 1. The number of ether oxygens (including phenoxy) is 2. The van der Waals surface area contributed by atoms with Crippen LogP contribution in [0.3, 0.4) is 0 Å². The van der Waals surface area contributed by atoms with Crippen molar-refractivity contribution >= 4 is 17.5 Å². The van der Waals surface area contributed by atoms with Crippen molar-refractivity contribution in [2.75, 3.05) is 13.2 Å². The standard InChI is InChI=1S/C30H30N8O4/c31-37-33-19-22-7-1-3-8-25(22)27-30(29(40)34-23-12-13-23,18-21-6-2-4-9-26(21)36-38-32)35-28(42-27)20-10-14-24(15-11-20)41-17-5-16-39/h1-4,6-11,14-15,23,27,39H,5,12-13,16-19H2,(H,34,40)/t27-,30-/m1/s1. The number of rotatable bonds is 13. The van der Waals surface area contributed by atoms with Crippen LogP contribution in [0.15, 0.2) is 88.0 Å². The second-order valence-corrected chi connectivity index (χ2v) is 10.1. The van der Waals surface area contributed by atoms with Crippen molar-refractivity contribution in [2.45, 2.75) is 49.9 Å². The molecule has 2 aliphatic rings. The fourth-order valence-electron chi connectivity index (χ4n) is 4.94. The molecule has 0 spiro atoms. The third-order valence-corrected chi connectivity index (χ3v) is 7.19. The van der Waals surface area contributed by atoms with Gasteiger partial charge in [-0.25, -0.2) is 4.99 Å². The van der Waals surface area contributed by atoms with E-state index in [1.807, 2.05) is 36.4 Å². The Bertz CT molecular complexity index is 1560. The molecule has 1 heterocycles. The Labute approximate surface area is 242 Å². The first kappa shape index (κ1) is 28.5. The van der Waals surface area contributed by atoms with E-state index in [4.69, 9.17) is 25.1 Å². The Morgan fingerprint density at radius 3 is 2.50 bits per heavy atom. The molecule has 42 heavy (non-hydrogen) atoms. The maximum absolute atomic E-state index is 14.3. The second-order valence-electron chi connectivity index (χ2n) is 10.1. The fourth-order valence-corrected chi connectivity index (χ4v) is 4.94. The molecule has 12 heteroatoms. The van der Waals surface area contributed by atoms with Gasteiger partial charge in [-0.2, -0.15) is 0 Å². The zero-order valence-electron chi connectivity index (χ0n) is 22.8. The van der Waals surface area contributed by atoms with Gasteiger partial charge in [-0.3, -0.25) is 4.79 Å². The molecule has 0 unspecified atom stereocenters. The molecule has 3 aromatic rings. The van der Waals surface area contributed by atoms with Crippen molar-refractivity contribution in [1.29, 1.82) is 0 Å². The van der Waals surface area contributed by atoms with Crippen LogP contribution in [0.25, 0.3) is 20.9 Å².